The first-order valence-corrected chi connectivity index (χ1v) is 11.3. The molecule has 0 spiro atoms. The van der Waals surface area contributed by atoms with Gasteiger partial charge in [-0.25, -0.2) is 0 Å². The van der Waals surface area contributed by atoms with Gasteiger partial charge in [0, 0.05) is 43.0 Å². The summed E-state index contributed by atoms with van der Waals surface area (Å²) in [4.78, 5) is 31.7. The van der Waals surface area contributed by atoms with Gasteiger partial charge >= 0.3 is 0 Å². The van der Waals surface area contributed by atoms with Gasteiger partial charge in [-0.2, -0.15) is 5.10 Å². The van der Waals surface area contributed by atoms with Crippen molar-refractivity contribution in [3.63, 3.8) is 0 Å². The molecule has 172 valence electrons. The Kier molecular flexibility index (Phi) is 7.02. The van der Waals surface area contributed by atoms with Crippen molar-refractivity contribution >= 4 is 17.5 Å². The summed E-state index contributed by atoms with van der Waals surface area (Å²) in [5.41, 5.74) is 3.20. The largest absolute Gasteiger partial charge is 0.487 e. The highest BCUT2D eigenvalue weighted by Crippen LogP contribution is 2.22. The number of aromatic nitrogens is 3. The molecule has 8 nitrogen and oxygen atoms in total. The summed E-state index contributed by atoms with van der Waals surface area (Å²) >= 11 is 0. The highest BCUT2D eigenvalue weighted by molar-refractivity contribution is 5.95. The number of carbonyl (C=O) groups is 2. The van der Waals surface area contributed by atoms with E-state index < -0.39 is 0 Å². The zero-order chi connectivity index (χ0) is 23.2. The molecule has 1 saturated heterocycles. The van der Waals surface area contributed by atoms with Crippen LogP contribution in [-0.2, 0) is 17.9 Å². The molecule has 0 aliphatic carbocycles. The van der Waals surface area contributed by atoms with Crippen LogP contribution in [0.5, 0.6) is 5.75 Å². The molecule has 1 aliphatic rings. The minimum absolute atomic E-state index is 0.0116. The standard InChI is InChI=1S/C25H29N5O3/c1-3-30-16-22(14-27-30)28-24(31)20-9-11-29(12-10-20)25(32)21-6-4-5-19(13-21)17-33-23-8-7-18(2)26-15-23/h4-8,13-16,20H,3,9-12,17H2,1-2H3,(H,28,31). The highest BCUT2D eigenvalue weighted by atomic mass is 16.5. The molecule has 1 aliphatic heterocycles. The third kappa shape index (κ3) is 5.77. The molecule has 3 heterocycles. The van der Waals surface area contributed by atoms with Gasteiger partial charge in [-0.3, -0.25) is 19.3 Å². The van der Waals surface area contributed by atoms with Crippen LogP contribution in [0.4, 0.5) is 5.69 Å². The summed E-state index contributed by atoms with van der Waals surface area (Å²) in [6, 6.07) is 11.3. The predicted octanol–water partition coefficient (Wildman–Crippen LogP) is 3.68. The van der Waals surface area contributed by atoms with Crippen LogP contribution in [0.2, 0.25) is 0 Å². The zero-order valence-corrected chi connectivity index (χ0v) is 19.0. The first-order valence-electron chi connectivity index (χ1n) is 11.3. The number of nitrogens with one attached hydrogen (secondary N) is 1. The number of rotatable bonds is 7. The molecule has 0 unspecified atom stereocenters. The van der Waals surface area contributed by atoms with E-state index in [4.69, 9.17) is 4.74 Å². The Morgan fingerprint density at radius 3 is 2.67 bits per heavy atom. The normalized spacial score (nSPS) is 14.2. The van der Waals surface area contributed by atoms with Crippen LogP contribution >= 0.6 is 0 Å². The number of ether oxygens (including phenoxy) is 1. The van der Waals surface area contributed by atoms with E-state index in [-0.39, 0.29) is 17.7 Å². The lowest BCUT2D eigenvalue weighted by Crippen LogP contribution is -2.41. The number of anilines is 1. The Morgan fingerprint density at radius 2 is 1.97 bits per heavy atom. The van der Waals surface area contributed by atoms with Crippen molar-refractivity contribution < 1.29 is 14.3 Å². The summed E-state index contributed by atoms with van der Waals surface area (Å²) in [5, 5.41) is 7.12. The van der Waals surface area contributed by atoms with Crippen molar-refractivity contribution in [3.05, 3.63) is 71.8 Å². The average Bonchev–Trinajstić information content (AvgIpc) is 3.31. The van der Waals surface area contributed by atoms with Crippen LogP contribution in [0, 0.1) is 12.8 Å². The molecule has 0 radical (unpaired) electrons. The fourth-order valence-electron chi connectivity index (χ4n) is 3.87. The summed E-state index contributed by atoms with van der Waals surface area (Å²) in [5.74, 6) is 0.557. The lowest BCUT2D eigenvalue weighted by atomic mass is 9.95. The number of nitrogens with zero attached hydrogens (tertiary/aromatic N) is 4. The fourth-order valence-corrected chi connectivity index (χ4v) is 3.87. The van der Waals surface area contributed by atoms with Gasteiger partial charge in [0.2, 0.25) is 5.91 Å². The molecule has 1 fully saturated rings. The van der Waals surface area contributed by atoms with Gasteiger partial charge in [-0.15, -0.1) is 0 Å². The quantitative estimate of drug-likeness (QED) is 0.597. The van der Waals surface area contributed by atoms with Crippen LogP contribution in [0.25, 0.3) is 0 Å². The van der Waals surface area contributed by atoms with Gasteiger partial charge in [0.15, 0.2) is 0 Å². The molecule has 0 atom stereocenters. The molecule has 2 amide bonds. The van der Waals surface area contributed by atoms with Crippen molar-refractivity contribution in [2.45, 2.75) is 39.8 Å². The summed E-state index contributed by atoms with van der Waals surface area (Å²) in [6.45, 7) is 6.16. The number of hydrogen-bond donors (Lipinski definition) is 1. The van der Waals surface area contributed by atoms with Gasteiger partial charge in [0.25, 0.3) is 5.91 Å². The smallest absolute Gasteiger partial charge is 0.253 e. The molecule has 2 aromatic heterocycles. The molecule has 1 N–H and O–H groups in total. The summed E-state index contributed by atoms with van der Waals surface area (Å²) in [6.07, 6.45) is 6.46. The molecule has 4 rings (SSSR count). The number of likely N-dealkylation sites (tertiary alicyclic amines) is 1. The number of pyridine rings is 1. The van der Waals surface area contributed by atoms with E-state index in [1.165, 1.54) is 0 Å². The number of carbonyl (C=O) groups excluding carboxylic acids is 2. The van der Waals surface area contributed by atoms with Crippen molar-refractivity contribution in [1.29, 1.82) is 0 Å². The number of benzene rings is 1. The lowest BCUT2D eigenvalue weighted by molar-refractivity contribution is -0.121. The van der Waals surface area contributed by atoms with E-state index in [2.05, 4.69) is 15.4 Å². The Hall–Kier alpha value is -3.68. The minimum atomic E-state index is -0.109. The predicted molar refractivity (Wildman–Crippen MR) is 125 cm³/mol. The van der Waals surface area contributed by atoms with Crippen LogP contribution in [0.3, 0.4) is 0 Å². The Morgan fingerprint density at radius 1 is 1.15 bits per heavy atom. The first kappa shape index (κ1) is 22.5. The lowest BCUT2D eigenvalue weighted by Gasteiger charge is -2.31. The van der Waals surface area contributed by atoms with Gasteiger partial charge in [0.1, 0.15) is 12.4 Å². The molecule has 8 heteroatoms. The average molecular weight is 448 g/mol. The highest BCUT2D eigenvalue weighted by Gasteiger charge is 2.28. The maximum absolute atomic E-state index is 13.0. The second-order valence-corrected chi connectivity index (χ2v) is 8.26. The Labute approximate surface area is 193 Å². The second kappa shape index (κ2) is 10.3. The van der Waals surface area contributed by atoms with Crippen LogP contribution < -0.4 is 10.1 Å². The Balaban J connectivity index is 1.29. The third-order valence-electron chi connectivity index (χ3n) is 5.84. The molecule has 33 heavy (non-hydrogen) atoms. The maximum Gasteiger partial charge on any atom is 0.253 e. The van der Waals surface area contributed by atoms with Gasteiger partial charge in [-0.1, -0.05) is 12.1 Å². The van der Waals surface area contributed by atoms with Crippen molar-refractivity contribution in [2.24, 2.45) is 5.92 Å². The van der Waals surface area contributed by atoms with Crippen molar-refractivity contribution in [2.75, 3.05) is 18.4 Å². The maximum atomic E-state index is 13.0. The van der Waals surface area contributed by atoms with E-state index in [0.717, 1.165) is 17.8 Å². The van der Waals surface area contributed by atoms with Gasteiger partial charge < -0.3 is 15.0 Å². The summed E-state index contributed by atoms with van der Waals surface area (Å²) < 4.78 is 7.56. The monoisotopic (exact) mass is 447 g/mol. The number of aryl methyl sites for hydroxylation is 2. The van der Waals surface area contributed by atoms with E-state index in [1.54, 1.807) is 17.1 Å². The number of piperidine rings is 1. The van der Waals surface area contributed by atoms with E-state index in [1.807, 2.05) is 61.3 Å². The Bertz CT molecular complexity index is 1100. The topological polar surface area (TPSA) is 89.4 Å². The SMILES string of the molecule is CCn1cc(NC(=O)C2CCN(C(=O)c3cccc(COc4ccc(C)nc4)c3)CC2)cn1. The van der Waals surface area contributed by atoms with E-state index in [0.29, 0.717) is 49.5 Å². The van der Waals surface area contributed by atoms with Crippen molar-refractivity contribution in [1.82, 2.24) is 19.7 Å². The van der Waals surface area contributed by atoms with Gasteiger partial charge in [-0.05, 0) is 56.5 Å². The molecular weight excluding hydrogens is 418 g/mol. The van der Waals surface area contributed by atoms with Crippen LogP contribution in [0.15, 0.2) is 55.0 Å². The fraction of sp³-hybridized carbons (Fsp3) is 0.360. The van der Waals surface area contributed by atoms with Crippen molar-refractivity contribution in [3.8, 4) is 5.75 Å². The molecular formula is C25H29N5O3. The molecule has 3 aromatic rings. The summed E-state index contributed by atoms with van der Waals surface area (Å²) in [7, 11) is 0. The van der Waals surface area contributed by atoms with Gasteiger partial charge in [0.05, 0.1) is 18.1 Å². The first-order chi connectivity index (χ1) is 16.0. The van der Waals surface area contributed by atoms with Crippen LogP contribution in [0.1, 0.15) is 41.4 Å². The molecule has 0 saturated carbocycles. The minimum Gasteiger partial charge on any atom is -0.487 e. The van der Waals surface area contributed by atoms with Crippen LogP contribution in [-0.4, -0.2) is 44.6 Å². The zero-order valence-electron chi connectivity index (χ0n) is 19.0. The number of amides is 2. The number of hydrogen-bond acceptors (Lipinski definition) is 5. The van der Waals surface area contributed by atoms with E-state index in [9.17, 15) is 9.59 Å². The second-order valence-electron chi connectivity index (χ2n) is 8.26. The third-order valence-corrected chi connectivity index (χ3v) is 5.84. The molecule has 0 bridgehead atoms. The van der Waals surface area contributed by atoms with E-state index >= 15 is 0 Å². The molecule has 1 aromatic carbocycles.